The van der Waals surface area contributed by atoms with E-state index in [2.05, 4.69) is 0 Å². The van der Waals surface area contributed by atoms with E-state index in [1.54, 1.807) is 37.3 Å². The van der Waals surface area contributed by atoms with Crippen molar-refractivity contribution >= 4 is 11.8 Å². The predicted molar refractivity (Wildman–Crippen MR) is 87.8 cm³/mol. The normalized spacial score (nSPS) is 13.9. The number of rotatable bonds is 4. The number of carbonyl (C=O) groups is 2. The van der Waals surface area contributed by atoms with Gasteiger partial charge in [-0.1, -0.05) is 29.8 Å². The van der Waals surface area contributed by atoms with Crippen LogP contribution in [0.15, 0.2) is 42.5 Å². The van der Waals surface area contributed by atoms with Crippen molar-refractivity contribution in [2.45, 2.75) is 20.0 Å². The Bertz CT molecular complexity index is 764. The molecule has 5 heteroatoms. The highest BCUT2D eigenvalue weighted by Crippen LogP contribution is 2.31. The second-order valence-corrected chi connectivity index (χ2v) is 5.64. The van der Waals surface area contributed by atoms with Crippen LogP contribution in [0.1, 0.15) is 33.2 Å². The highest BCUT2D eigenvalue weighted by atomic mass is 16.6. The van der Waals surface area contributed by atoms with Crippen LogP contribution in [0.3, 0.4) is 0 Å². The molecule has 1 heterocycles. The lowest BCUT2D eigenvalue weighted by Gasteiger charge is -2.19. The third-order valence-electron chi connectivity index (χ3n) is 3.77. The monoisotopic (exact) mass is 326 g/mol. The summed E-state index contributed by atoms with van der Waals surface area (Å²) in [6.45, 7) is 4.43. The van der Waals surface area contributed by atoms with Gasteiger partial charge in [0.05, 0.1) is 5.56 Å². The van der Waals surface area contributed by atoms with Crippen molar-refractivity contribution in [3.8, 4) is 11.5 Å². The number of ketones is 1. The van der Waals surface area contributed by atoms with Gasteiger partial charge in [0.25, 0.3) is 0 Å². The second-order valence-electron chi connectivity index (χ2n) is 5.64. The summed E-state index contributed by atoms with van der Waals surface area (Å²) in [4.78, 5) is 24.6. The standard InChI is InChI=1S/C19H18O5/c1-12-3-5-14(6-4-12)18(20)13(2)24-19(21)15-7-8-16-17(11-15)23-10-9-22-16/h3-8,11,13H,9-10H2,1-2H3/t13-/m1/s1. The largest absolute Gasteiger partial charge is 0.486 e. The molecule has 0 saturated heterocycles. The Kier molecular flexibility index (Phi) is 4.51. The molecule has 2 aromatic rings. The Morgan fingerprint density at radius 1 is 0.958 bits per heavy atom. The molecule has 0 aromatic heterocycles. The molecule has 0 amide bonds. The Hall–Kier alpha value is -2.82. The minimum atomic E-state index is -0.867. The zero-order valence-corrected chi connectivity index (χ0v) is 13.6. The van der Waals surface area contributed by atoms with Crippen LogP contribution in [-0.2, 0) is 4.74 Å². The molecule has 0 N–H and O–H groups in total. The van der Waals surface area contributed by atoms with E-state index in [0.717, 1.165) is 5.56 Å². The number of ether oxygens (including phenoxy) is 3. The Morgan fingerprint density at radius 3 is 2.29 bits per heavy atom. The minimum absolute atomic E-state index is 0.235. The fourth-order valence-electron chi connectivity index (χ4n) is 2.40. The molecule has 0 bridgehead atoms. The van der Waals surface area contributed by atoms with Gasteiger partial charge >= 0.3 is 5.97 Å². The predicted octanol–water partition coefficient (Wildman–Crippen LogP) is 3.19. The lowest BCUT2D eigenvalue weighted by molar-refractivity contribution is 0.0318. The lowest BCUT2D eigenvalue weighted by atomic mass is 10.1. The molecule has 2 aromatic carbocycles. The summed E-state index contributed by atoms with van der Waals surface area (Å²) in [7, 11) is 0. The summed E-state index contributed by atoms with van der Waals surface area (Å²) in [6.07, 6.45) is -0.867. The van der Waals surface area contributed by atoms with E-state index in [0.29, 0.717) is 35.8 Å². The first kappa shape index (κ1) is 16.1. The highest BCUT2D eigenvalue weighted by molar-refractivity contribution is 6.01. The van der Waals surface area contributed by atoms with E-state index in [4.69, 9.17) is 14.2 Å². The average Bonchev–Trinajstić information content (AvgIpc) is 2.61. The fourth-order valence-corrected chi connectivity index (χ4v) is 2.40. The van der Waals surface area contributed by atoms with Gasteiger partial charge in [0, 0.05) is 5.56 Å². The van der Waals surface area contributed by atoms with E-state index in [-0.39, 0.29) is 5.78 Å². The Balaban J connectivity index is 1.69. The zero-order chi connectivity index (χ0) is 17.1. The number of fused-ring (bicyclic) bond motifs is 1. The first-order valence-corrected chi connectivity index (χ1v) is 7.76. The van der Waals surface area contributed by atoms with Gasteiger partial charge in [-0.15, -0.1) is 0 Å². The van der Waals surface area contributed by atoms with Crippen LogP contribution in [0, 0.1) is 6.92 Å². The summed E-state index contributed by atoms with van der Waals surface area (Å²) in [6, 6.07) is 12.0. The van der Waals surface area contributed by atoms with Gasteiger partial charge in [-0.05, 0) is 32.0 Å². The van der Waals surface area contributed by atoms with Gasteiger partial charge in [-0.3, -0.25) is 4.79 Å². The van der Waals surface area contributed by atoms with Crippen molar-refractivity contribution in [1.82, 2.24) is 0 Å². The number of aryl methyl sites for hydroxylation is 1. The van der Waals surface area contributed by atoms with Gasteiger partial charge in [0.2, 0.25) is 5.78 Å². The maximum Gasteiger partial charge on any atom is 0.338 e. The van der Waals surface area contributed by atoms with Crippen LogP contribution in [0.5, 0.6) is 11.5 Å². The second kappa shape index (κ2) is 6.74. The lowest BCUT2D eigenvalue weighted by Crippen LogP contribution is -2.24. The molecular formula is C19H18O5. The first-order valence-electron chi connectivity index (χ1n) is 7.76. The van der Waals surface area contributed by atoms with Gasteiger partial charge in [0.15, 0.2) is 17.6 Å². The molecule has 1 aliphatic rings. The van der Waals surface area contributed by atoms with Crippen LogP contribution in [0.25, 0.3) is 0 Å². The Labute approximate surface area is 140 Å². The van der Waals surface area contributed by atoms with Crippen molar-refractivity contribution in [1.29, 1.82) is 0 Å². The molecule has 0 spiro atoms. The molecule has 1 aliphatic heterocycles. The summed E-state index contributed by atoms with van der Waals surface area (Å²) < 4.78 is 16.2. The molecule has 0 radical (unpaired) electrons. The SMILES string of the molecule is Cc1ccc(C(=O)[C@@H](C)OC(=O)c2ccc3c(c2)OCCO3)cc1. The van der Waals surface area contributed by atoms with Crippen LogP contribution in [-0.4, -0.2) is 31.1 Å². The van der Waals surface area contributed by atoms with Crippen molar-refractivity contribution in [3.63, 3.8) is 0 Å². The van der Waals surface area contributed by atoms with Gasteiger partial charge in [0.1, 0.15) is 13.2 Å². The van der Waals surface area contributed by atoms with E-state index in [1.165, 1.54) is 0 Å². The number of hydrogen-bond acceptors (Lipinski definition) is 5. The van der Waals surface area contributed by atoms with E-state index in [1.807, 2.05) is 19.1 Å². The van der Waals surface area contributed by atoms with Crippen molar-refractivity contribution in [3.05, 3.63) is 59.2 Å². The average molecular weight is 326 g/mol. The number of hydrogen-bond donors (Lipinski definition) is 0. The van der Waals surface area contributed by atoms with Crippen LogP contribution in [0.4, 0.5) is 0 Å². The van der Waals surface area contributed by atoms with Gasteiger partial charge in [-0.2, -0.15) is 0 Å². The summed E-state index contributed by atoms with van der Waals surface area (Å²) >= 11 is 0. The molecule has 5 nitrogen and oxygen atoms in total. The quantitative estimate of drug-likeness (QED) is 0.638. The van der Waals surface area contributed by atoms with Crippen molar-refractivity contribution in [2.75, 3.05) is 13.2 Å². The molecular weight excluding hydrogens is 308 g/mol. The summed E-state index contributed by atoms with van der Waals surface area (Å²) in [5, 5.41) is 0. The van der Waals surface area contributed by atoms with Gasteiger partial charge < -0.3 is 14.2 Å². The molecule has 0 saturated carbocycles. The van der Waals surface area contributed by atoms with Crippen molar-refractivity contribution < 1.29 is 23.8 Å². The molecule has 124 valence electrons. The molecule has 24 heavy (non-hydrogen) atoms. The number of benzene rings is 2. The highest BCUT2D eigenvalue weighted by Gasteiger charge is 2.22. The third-order valence-corrected chi connectivity index (χ3v) is 3.77. The van der Waals surface area contributed by atoms with E-state index >= 15 is 0 Å². The molecule has 0 fully saturated rings. The number of esters is 1. The van der Waals surface area contributed by atoms with Crippen LogP contribution < -0.4 is 9.47 Å². The first-order chi connectivity index (χ1) is 11.5. The van der Waals surface area contributed by atoms with E-state index < -0.39 is 12.1 Å². The van der Waals surface area contributed by atoms with E-state index in [9.17, 15) is 9.59 Å². The van der Waals surface area contributed by atoms with Gasteiger partial charge in [-0.25, -0.2) is 4.79 Å². The molecule has 0 aliphatic carbocycles. The molecule has 3 rings (SSSR count). The molecule has 0 unspecified atom stereocenters. The smallest absolute Gasteiger partial charge is 0.338 e. The Morgan fingerprint density at radius 2 is 1.58 bits per heavy atom. The minimum Gasteiger partial charge on any atom is -0.486 e. The number of Topliss-reactive ketones (excluding diaryl/α,β-unsaturated/α-hetero) is 1. The summed E-state index contributed by atoms with van der Waals surface area (Å²) in [5.74, 6) is 0.302. The van der Waals surface area contributed by atoms with Crippen LogP contribution in [0.2, 0.25) is 0 Å². The summed E-state index contributed by atoms with van der Waals surface area (Å²) in [5.41, 5.74) is 1.90. The zero-order valence-electron chi connectivity index (χ0n) is 13.6. The fraction of sp³-hybridized carbons (Fsp3) is 0.263. The maximum atomic E-state index is 12.3. The molecule has 1 atom stereocenters. The number of carbonyl (C=O) groups excluding carboxylic acids is 2. The topological polar surface area (TPSA) is 61.8 Å². The maximum absolute atomic E-state index is 12.3. The third kappa shape index (κ3) is 3.40. The van der Waals surface area contributed by atoms with Crippen LogP contribution >= 0.6 is 0 Å². The van der Waals surface area contributed by atoms with Crippen molar-refractivity contribution in [2.24, 2.45) is 0 Å².